The van der Waals surface area contributed by atoms with Crippen molar-refractivity contribution in [2.45, 2.75) is 39.7 Å². The monoisotopic (exact) mass is 386 g/mol. The van der Waals surface area contributed by atoms with Crippen LogP contribution >= 0.6 is 0 Å². The van der Waals surface area contributed by atoms with Crippen LogP contribution in [0.3, 0.4) is 0 Å². The lowest BCUT2D eigenvalue weighted by Crippen LogP contribution is -2.45. The molecule has 3 rings (SSSR count). The van der Waals surface area contributed by atoms with Crippen molar-refractivity contribution >= 4 is 22.8 Å². The molecule has 3 heterocycles. The van der Waals surface area contributed by atoms with Gasteiger partial charge in [0.15, 0.2) is 0 Å². The molecule has 28 heavy (non-hydrogen) atoms. The van der Waals surface area contributed by atoms with Crippen LogP contribution in [0.15, 0.2) is 24.5 Å². The lowest BCUT2D eigenvalue weighted by Gasteiger charge is -2.31. The van der Waals surface area contributed by atoms with Crippen molar-refractivity contribution in [1.29, 1.82) is 0 Å². The third-order valence-electron chi connectivity index (χ3n) is 5.35. The Labute approximate surface area is 165 Å². The zero-order valence-electron chi connectivity index (χ0n) is 17.1. The fraction of sp³-hybridized carbons (Fsp3) is 0.571. The maximum Gasteiger partial charge on any atom is 0.255 e. The Hall–Kier alpha value is -2.41. The Bertz CT molecular complexity index is 845. The van der Waals surface area contributed by atoms with E-state index in [2.05, 4.69) is 15.3 Å². The number of nitrogens with one attached hydrogen (secondary N) is 2. The molecule has 2 aromatic rings. The van der Waals surface area contributed by atoms with E-state index in [4.69, 9.17) is 4.74 Å². The maximum atomic E-state index is 12.8. The van der Waals surface area contributed by atoms with Gasteiger partial charge in [0, 0.05) is 44.5 Å². The van der Waals surface area contributed by atoms with Crippen LogP contribution in [0.5, 0.6) is 0 Å². The molecule has 0 aliphatic carbocycles. The quantitative estimate of drug-likeness (QED) is 0.766. The summed E-state index contributed by atoms with van der Waals surface area (Å²) in [6, 6.07) is 3.74. The van der Waals surface area contributed by atoms with Crippen LogP contribution in [-0.4, -0.2) is 59.5 Å². The lowest BCUT2D eigenvalue weighted by molar-refractivity contribution is -0.127. The number of ether oxygens (including phenoxy) is 1. The van der Waals surface area contributed by atoms with Crippen LogP contribution in [-0.2, 0) is 9.53 Å². The van der Waals surface area contributed by atoms with Crippen molar-refractivity contribution in [3.8, 4) is 0 Å². The Balaban J connectivity index is 1.56. The molecule has 0 saturated carbocycles. The highest BCUT2D eigenvalue weighted by Gasteiger charge is 2.33. The molecule has 0 spiro atoms. The predicted molar refractivity (Wildman–Crippen MR) is 108 cm³/mol. The molecule has 2 aromatic heterocycles. The van der Waals surface area contributed by atoms with Crippen molar-refractivity contribution in [2.75, 3.05) is 26.7 Å². The summed E-state index contributed by atoms with van der Waals surface area (Å²) in [5, 5.41) is 3.97. The Morgan fingerprint density at radius 2 is 2.21 bits per heavy atom. The van der Waals surface area contributed by atoms with Gasteiger partial charge in [0.25, 0.3) is 5.91 Å². The molecule has 152 valence electrons. The van der Waals surface area contributed by atoms with E-state index in [0.29, 0.717) is 25.3 Å². The van der Waals surface area contributed by atoms with Gasteiger partial charge >= 0.3 is 0 Å². The van der Waals surface area contributed by atoms with Gasteiger partial charge in [-0.2, -0.15) is 0 Å². The Morgan fingerprint density at radius 1 is 1.43 bits per heavy atom. The zero-order valence-corrected chi connectivity index (χ0v) is 17.1. The van der Waals surface area contributed by atoms with Crippen molar-refractivity contribution in [3.63, 3.8) is 0 Å². The molecule has 0 unspecified atom stereocenters. The molecule has 2 atom stereocenters. The fourth-order valence-electron chi connectivity index (χ4n) is 3.86. The van der Waals surface area contributed by atoms with Gasteiger partial charge in [-0.25, -0.2) is 4.98 Å². The van der Waals surface area contributed by atoms with Crippen molar-refractivity contribution < 1.29 is 14.3 Å². The Morgan fingerprint density at radius 3 is 2.96 bits per heavy atom. The van der Waals surface area contributed by atoms with Crippen LogP contribution in [0.4, 0.5) is 0 Å². The van der Waals surface area contributed by atoms with E-state index in [-0.39, 0.29) is 29.3 Å². The summed E-state index contributed by atoms with van der Waals surface area (Å²) in [4.78, 5) is 34.3. The van der Waals surface area contributed by atoms with E-state index in [1.54, 1.807) is 24.3 Å². The molecule has 1 aliphatic rings. The Kier molecular flexibility index (Phi) is 6.03. The van der Waals surface area contributed by atoms with Gasteiger partial charge in [0.2, 0.25) is 5.91 Å². The highest BCUT2D eigenvalue weighted by molar-refractivity contribution is 5.96. The smallest absolute Gasteiger partial charge is 0.255 e. The first-order valence-electron chi connectivity index (χ1n) is 9.88. The number of fused-ring (bicyclic) bond motifs is 1. The average molecular weight is 386 g/mol. The van der Waals surface area contributed by atoms with Gasteiger partial charge in [-0.15, -0.1) is 0 Å². The third-order valence-corrected chi connectivity index (χ3v) is 5.35. The molecule has 2 N–H and O–H groups in total. The van der Waals surface area contributed by atoms with Gasteiger partial charge < -0.3 is 19.9 Å². The SMILES string of the molecule is CC[C@@H]1OCC[C@H]1C(=O)NCC(C)(C)CN(C)C(=O)c1cnc2[nH]ccc2c1. The molecular formula is C21H30N4O3. The van der Waals surface area contributed by atoms with E-state index >= 15 is 0 Å². The molecule has 0 radical (unpaired) electrons. The first kappa shape index (κ1) is 20.3. The number of pyridine rings is 1. The topological polar surface area (TPSA) is 87.3 Å². The standard InChI is InChI=1S/C21H30N4O3/c1-5-17-16(7-9-28-17)19(26)24-12-21(2,3)13-25(4)20(27)15-10-14-6-8-22-18(14)23-11-15/h6,8,10-11,16-17H,5,7,9,12-13H2,1-4H3,(H,22,23)(H,24,26)/t16-,17+/m1/s1. The lowest BCUT2D eigenvalue weighted by atomic mass is 9.91. The second kappa shape index (κ2) is 8.31. The molecule has 1 fully saturated rings. The molecule has 7 heteroatoms. The highest BCUT2D eigenvalue weighted by atomic mass is 16.5. The van der Waals surface area contributed by atoms with Gasteiger partial charge in [-0.3, -0.25) is 9.59 Å². The molecule has 7 nitrogen and oxygen atoms in total. The number of carbonyl (C=O) groups is 2. The van der Waals surface area contributed by atoms with Gasteiger partial charge in [0.05, 0.1) is 17.6 Å². The summed E-state index contributed by atoms with van der Waals surface area (Å²) >= 11 is 0. The zero-order chi connectivity index (χ0) is 20.3. The number of hydrogen-bond acceptors (Lipinski definition) is 4. The number of aromatic nitrogens is 2. The summed E-state index contributed by atoms with van der Waals surface area (Å²) in [6.07, 6.45) is 5.04. The third kappa shape index (κ3) is 4.52. The second-order valence-corrected chi connectivity index (χ2v) is 8.40. The summed E-state index contributed by atoms with van der Waals surface area (Å²) < 4.78 is 5.62. The number of H-pyrrole nitrogens is 1. The maximum absolute atomic E-state index is 12.8. The minimum Gasteiger partial charge on any atom is -0.377 e. The molecular weight excluding hydrogens is 356 g/mol. The number of nitrogens with zero attached hydrogens (tertiary/aromatic N) is 2. The fourth-order valence-corrected chi connectivity index (χ4v) is 3.86. The number of amides is 2. The number of hydrogen-bond donors (Lipinski definition) is 2. The van der Waals surface area contributed by atoms with Gasteiger partial charge in [0.1, 0.15) is 5.65 Å². The first-order chi connectivity index (χ1) is 13.3. The molecule has 1 aliphatic heterocycles. The van der Waals surface area contributed by atoms with Crippen LogP contribution in [0.25, 0.3) is 11.0 Å². The van der Waals surface area contributed by atoms with Crippen molar-refractivity contribution in [1.82, 2.24) is 20.2 Å². The van der Waals surface area contributed by atoms with Crippen LogP contribution < -0.4 is 5.32 Å². The van der Waals surface area contributed by atoms with E-state index in [1.807, 2.05) is 32.9 Å². The van der Waals surface area contributed by atoms with E-state index in [0.717, 1.165) is 23.9 Å². The average Bonchev–Trinajstić information content (AvgIpc) is 3.33. The molecule has 0 bridgehead atoms. The van der Waals surface area contributed by atoms with Gasteiger partial charge in [-0.05, 0) is 30.4 Å². The van der Waals surface area contributed by atoms with E-state index < -0.39 is 0 Å². The van der Waals surface area contributed by atoms with Crippen LogP contribution in [0.2, 0.25) is 0 Å². The second-order valence-electron chi connectivity index (χ2n) is 8.40. The molecule has 2 amide bonds. The van der Waals surface area contributed by atoms with E-state index in [1.165, 1.54) is 0 Å². The van der Waals surface area contributed by atoms with Crippen LogP contribution in [0, 0.1) is 11.3 Å². The first-order valence-corrected chi connectivity index (χ1v) is 9.88. The largest absolute Gasteiger partial charge is 0.377 e. The molecule has 1 saturated heterocycles. The highest BCUT2D eigenvalue weighted by Crippen LogP contribution is 2.24. The number of carbonyl (C=O) groups excluding carboxylic acids is 2. The molecule has 0 aromatic carbocycles. The van der Waals surface area contributed by atoms with Gasteiger partial charge in [-0.1, -0.05) is 20.8 Å². The summed E-state index contributed by atoms with van der Waals surface area (Å²) in [6.45, 7) is 7.82. The van der Waals surface area contributed by atoms with Crippen molar-refractivity contribution in [2.24, 2.45) is 11.3 Å². The summed E-state index contributed by atoms with van der Waals surface area (Å²) in [7, 11) is 1.78. The summed E-state index contributed by atoms with van der Waals surface area (Å²) in [5.74, 6) is -0.0990. The normalized spacial score (nSPS) is 19.7. The minimum absolute atomic E-state index is 0.0169. The van der Waals surface area contributed by atoms with E-state index in [9.17, 15) is 9.59 Å². The van der Waals surface area contributed by atoms with Crippen LogP contribution in [0.1, 0.15) is 44.0 Å². The predicted octanol–water partition coefficient (Wildman–Crippen LogP) is 2.59. The summed E-state index contributed by atoms with van der Waals surface area (Å²) in [5.41, 5.74) is 1.07. The van der Waals surface area contributed by atoms with Crippen molar-refractivity contribution in [3.05, 3.63) is 30.1 Å². The number of rotatable bonds is 7. The number of aromatic amines is 1. The minimum atomic E-state index is -0.257.